The van der Waals surface area contributed by atoms with E-state index in [4.69, 9.17) is 13.1 Å². The molecule has 0 bridgehead atoms. The summed E-state index contributed by atoms with van der Waals surface area (Å²) in [5.41, 5.74) is 13.7. The van der Waals surface area contributed by atoms with Gasteiger partial charge in [0, 0.05) is 0 Å². The van der Waals surface area contributed by atoms with Gasteiger partial charge in [0.25, 0.3) is 0 Å². The molecule has 278 valence electrons. The molecule has 0 saturated heterocycles. The Morgan fingerprint density at radius 1 is 0.290 bits per heavy atom. The average Bonchev–Trinajstić information content (AvgIpc) is 3.87. The standard InChI is InChI=1S/C58H30B2N2/c1-61-51-31-49(59-55-37-15-7-3-11-33(37)19-23-41(55)42-24-20-34-12-4-8-16-38(34)56(42)59)45-27-28-46-50(32-52(62-2)48-30-29-47(51)53(45)54(46)48)60-57-39-17-9-5-13-35(39)21-25-43(57)44-26-22-36-14-6-10-18-40(36)58(44)60/h3-32H. The minimum absolute atomic E-state index is 0.117. The smallest absolute Gasteiger partial charge is 0.238 e. The van der Waals surface area contributed by atoms with E-state index in [0.29, 0.717) is 11.4 Å². The van der Waals surface area contributed by atoms with Crippen molar-refractivity contribution < 1.29 is 0 Å². The summed E-state index contributed by atoms with van der Waals surface area (Å²) in [6.07, 6.45) is 0. The molecule has 0 fully saturated rings. The van der Waals surface area contributed by atoms with Gasteiger partial charge >= 0.3 is 0 Å². The van der Waals surface area contributed by atoms with Gasteiger partial charge in [-0.3, -0.25) is 0 Å². The minimum Gasteiger partial charge on any atom is -0.238 e. The fourth-order valence-electron chi connectivity index (χ4n) is 11.9. The van der Waals surface area contributed by atoms with Crippen LogP contribution in [-0.2, 0) is 0 Å². The number of rotatable bonds is 2. The normalized spacial score (nSPS) is 12.7. The second-order valence-electron chi connectivity index (χ2n) is 17.1. The van der Waals surface area contributed by atoms with Crippen molar-refractivity contribution in [2.24, 2.45) is 0 Å². The fourth-order valence-corrected chi connectivity index (χ4v) is 11.9. The molecule has 0 aliphatic carbocycles. The highest BCUT2D eigenvalue weighted by Gasteiger charge is 2.40. The summed E-state index contributed by atoms with van der Waals surface area (Å²) >= 11 is 0. The topological polar surface area (TPSA) is 8.72 Å². The Morgan fingerprint density at radius 2 is 0.581 bits per heavy atom. The molecule has 0 spiro atoms. The zero-order valence-electron chi connectivity index (χ0n) is 33.4. The SMILES string of the molecule is [C-]#[N+]c1cc(B2c3c(ccc4ccccc34)-c3ccc4ccccc4c32)c2ccc3c(B4c5c(ccc6ccccc56)-c5ccc6ccccc6c54)cc([N+]#[C-])c4ccc1c2c43. The third-order valence-electron chi connectivity index (χ3n) is 14.4. The van der Waals surface area contributed by atoms with Crippen LogP contribution in [0.25, 0.3) is 107 Å². The van der Waals surface area contributed by atoms with Gasteiger partial charge in [-0.05, 0) is 97.7 Å². The first-order chi connectivity index (χ1) is 30.7. The van der Waals surface area contributed by atoms with Gasteiger partial charge in [0.15, 0.2) is 11.4 Å². The van der Waals surface area contributed by atoms with Crippen molar-refractivity contribution in [3.63, 3.8) is 0 Å². The predicted octanol–water partition coefficient (Wildman–Crippen LogP) is 11.3. The average molecular weight is 777 g/mol. The first kappa shape index (κ1) is 33.6. The van der Waals surface area contributed by atoms with Crippen molar-refractivity contribution in [2.75, 3.05) is 0 Å². The molecule has 2 heterocycles. The van der Waals surface area contributed by atoms with Crippen LogP contribution in [0, 0.1) is 13.1 Å². The summed E-state index contributed by atoms with van der Waals surface area (Å²) in [6.45, 7) is 17.2. The van der Waals surface area contributed by atoms with Crippen LogP contribution in [0.4, 0.5) is 11.4 Å². The Labute approximate surface area is 358 Å². The summed E-state index contributed by atoms with van der Waals surface area (Å²) in [5.74, 6) is 0. The highest BCUT2D eigenvalue weighted by atomic mass is 14.7. The maximum Gasteiger partial charge on any atom is 0.243 e. The molecule has 0 radical (unpaired) electrons. The van der Waals surface area contributed by atoms with Crippen molar-refractivity contribution in [1.82, 2.24) is 0 Å². The summed E-state index contributed by atoms with van der Waals surface area (Å²) in [4.78, 5) is 8.61. The molecular weight excluding hydrogens is 746 g/mol. The zero-order valence-corrected chi connectivity index (χ0v) is 33.4. The molecule has 2 aliphatic heterocycles. The largest absolute Gasteiger partial charge is 0.243 e. The maximum absolute atomic E-state index is 8.73. The van der Waals surface area contributed by atoms with Crippen LogP contribution in [0.15, 0.2) is 182 Å². The van der Waals surface area contributed by atoms with Crippen LogP contribution >= 0.6 is 0 Å². The van der Waals surface area contributed by atoms with Gasteiger partial charge in [0.1, 0.15) is 0 Å². The Morgan fingerprint density at radius 3 is 0.887 bits per heavy atom. The van der Waals surface area contributed by atoms with E-state index in [1.165, 1.54) is 87.2 Å². The third-order valence-corrected chi connectivity index (χ3v) is 14.4. The van der Waals surface area contributed by atoms with E-state index in [0.717, 1.165) is 43.2 Å². The Bertz CT molecular complexity index is 3660. The van der Waals surface area contributed by atoms with E-state index >= 15 is 0 Å². The highest BCUT2D eigenvalue weighted by Crippen LogP contribution is 2.43. The van der Waals surface area contributed by atoms with Crippen molar-refractivity contribution in [3.8, 4) is 22.3 Å². The van der Waals surface area contributed by atoms with Crippen LogP contribution in [0.2, 0.25) is 0 Å². The van der Waals surface area contributed by atoms with Gasteiger partial charge in [0.05, 0.1) is 13.1 Å². The lowest BCUT2D eigenvalue weighted by Crippen LogP contribution is -2.50. The molecule has 4 heteroatoms. The number of hydrogen-bond acceptors (Lipinski definition) is 0. The molecule has 0 atom stereocenters. The molecule has 12 aromatic rings. The number of nitrogens with zero attached hydrogens (tertiary/aromatic N) is 2. The Kier molecular flexibility index (Phi) is 6.62. The lowest BCUT2D eigenvalue weighted by molar-refractivity contribution is 1.74. The lowest BCUT2D eigenvalue weighted by atomic mass is 9.36. The summed E-state index contributed by atoms with van der Waals surface area (Å²) in [5, 5.41) is 16.0. The van der Waals surface area contributed by atoms with E-state index in [2.05, 4.69) is 192 Å². The van der Waals surface area contributed by atoms with Crippen molar-refractivity contribution in [3.05, 3.63) is 205 Å². The summed E-state index contributed by atoms with van der Waals surface area (Å²) in [6, 6.07) is 66.4. The summed E-state index contributed by atoms with van der Waals surface area (Å²) in [7, 11) is 0. The van der Waals surface area contributed by atoms with Crippen molar-refractivity contribution in [1.29, 1.82) is 0 Å². The van der Waals surface area contributed by atoms with Crippen LogP contribution in [0.1, 0.15) is 0 Å². The molecule has 0 aromatic heterocycles. The van der Waals surface area contributed by atoms with Crippen LogP contribution < -0.4 is 32.8 Å². The monoisotopic (exact) mass is 776 g/mol. The number of fused-ring (bicyclic) bond motifs is 14. The number of hydrogen-bond donors (Lipinski definition) is 0. The molecule has 62 heavy (non-hydrogen) atoms. The summed E-state index contributed by atoms with van der Waals surface area (Å²) < 4.78 is 0. The first-order valence-electron chi connectivity index (χ1n) is 21.3. The lowest BCUT2D eigenvalue weighted by Gasteiger charge is -2.23. The van der Waals surface area contributed by atoms with E-state index in [1.54, 1.807) is 0 Å². The van der Waals surface area contributed by atoms with Gasteiger partial charge < -0.3 is 0 Å². The predicted molar refractivity (Wildman–Crippen MR) is 266 cm³/mol. The van der Waals surface area contributed by atoms with Gasteiger partial charge in [-0.15, -0.1) is 0 Å². The van der Waals surface area contributed by atoms with Gasteiger partial charge in [-0.2, -0.15) is 0 Å². The molecule has 0 saturated carbocycles. The third kappa shape index (κ3) is 4.23. The molecule has 12 aromatic carbocycles. The molecule has 0 unspecified atom stereocenters. The van der Waals surface area contributed by atoms with E-state index in [1.807, 2.05) is 0 Å². The van der Waals surface area contributed by atoms with Crippen LogP contribution in [0.5, 0.6) is 0 Å². The Balaban J connectivity index is 1.14. The van der Waals surface area contributed by atoms with Gasteiger partial charge in [-0.1, -0.05) is 215 Å². The van der Waals surface area contributed by atoms with Crippen molar-refractivity contribution in [2.45, 2.75) is 0 Å². The maximum atomic E-state index is 8.73. The second-order valence-corrected chi connectivity index (χ2v) is 17.1. The molecule has 0 amide bonds. The molecular formula is C58H30B2N2. The fraction of sp³-hybridized carbons (Fsp3) is 0. The van der Waals surface area contributed by atoms with E-state index in [9.17, 15) is 0 Å². The minimum atomic E-state index is -0.117. The molecule has 2 nitrogen and oxygen atoms in total. The van der Waals surface area contributed by atoms with Gasteiger partial charge in [0.2, 0.25) is 13.4 Å². The van der Waals surface area contributed by atoms with Crippen LogP contribution in [0.3, 0.4) is 0 Å². The second kappa shape index (κ2) is 12.2. The Hall–Kier alpha value is -8.17. The van der Waals surface area contributed by atoms with E-state index in [-0.39, 0.29) is 13.4 Å². The van der Waals surface area contributed by atoms with Crippen molar-refractivity contribution >= 4 is 133 Å². The molecule has 2 aliphatic rings. The molecule has 14 rings (SSSR count). The molecule has 0 N–H and O–H groups in total. The van der Waals surface area contributed by atoms with E-state index < -0.39 is 0 Å². The highest BCUT2D eigenvalue weighted by molar-refractivity contribution is 7.04. The number of benzene rings is 12. The quantitative estimate of drug-likeness (QED) is 0.0939. The van der Waals surface area contributed by atoms with Crippen LogP contribution in [-0.4, -0.2) is 13.4 Å². The van der Waals surface area contributed by atoms with Gasteiger partial charge in [-0.25, -0.2) is 9.69 Å². The first-order valence-corrected chi connectivity index (χ1v) is 21.3. The zero-order chi connectivity index (χ0) is 40.8.